The van der Waals surface area contributed by atoms with Gasteiger partial charge in [-0.05, 0) is 40.5 Å². The molecule has 0 aromatic heterocycles. The number of anilines is 1. The van der Waals surface area contributed by atoms with Crippen molar-refractivity contribution in [3.05, 3.63) is 28.2 Å². The Bertz CT molecular complexity index is 385. The smallest absolute Gasteiger partial charge is 0.0947 e. The van der Waals surface area contributed by atoms with Crippen molar-refractivity contribution in [1.82, 2.24) is 0 Å². The summed E-state index contributed by atoms with van der Waals surface area (Å²) < 4.78 is 5.89. The van der Waals surface area contributed by atoms with E-state index in [1.807, 2.05) is 37.1 Å². The number of nitrogens with two attached hydrogens (primary N) is 1. The van der Waals surface area contributed by atoms with Crippen molar-refractivity contribution in [2.75, 3.05) is 32.2 Å². The molecule has 5 heteroatoms. The zero-order valence-electron chi connectivity index (χ0n) is 11.1. The van der Waals surface area contributed by atoms with Gasteiger partial charge in [0.15, 0.2) is 0 Å². The lowest BCUT2D eigenvalue weighted by Crippen LogP contribution is -2.32. The van der Waals surface area contributed by atoms with E-state index in [0.717, 1.165) is 15.7 Å². The van der Waals surface area contributed by atoms with Crippen LogP contribution in [-0.2, 0) is 4.74 Å². The highest BCUT2D eigenvalue weighted by molar-refractivity contribution is 9.10. The second kappa shape index (κ2) is 7.09. The molecule has 0 saturated carbocycles. The van der Waals surface area contributed by atoms with Crippen molar-refractivity contribution in [3.8, 4) is 0 Å². The molecule has 0 radical (unpaired) electrons. The minimum atomic E-state index is -0.500. The molecular weight excluding hydrogens is 296 g/mol. The Kier molecular flexibility index (Phi) is 6.08. The minimum absolute atomic E-state index is 0.0136. The van der Waals surface area contributed by atoms with Crippen LogP contribution in [0.4, 0.5) is 5.69 Å². The van der Waals surface area contributed by atoms with Crippen molar-refractivity contribution >= 4 is 21.6 Å². The van der Waals surface area contributed by atoms with E-state index >= 15 is 0 Å². The molecule has 102 valence electrons. The molecule has 1 aromatic rings. The number of nitrogens with zero attached hydrogens (tertiary/aromatic N) is 1. The zero-order valence-corrected chi connectivity index (χ0v) is 12.6. The summed E-state index contributed by atoms with van der Waals surface area (Å²) in [4.78, 5) is 1.98. The maximum atomic E-state index is 9.71. The molecule has 3 N–H and O–H groups in total. The zero-order chi connectivity index (χ0) is 13.7. The van der Waals surface area contributed by atoms with E-state index in [2.05, 4.69) is 15.9 Å². The van der Waals surface area contributed by atoms with Gasteiger partial charge < -0.3 is 20.5 Å². The molecular formula is C13H21BrN2O2. The summed E-state index contributed by atoms with van der Waals surface area (Å²) in [6.07, 6.45) is -0.500. The summed E-state index contributed by atoms with van der Waals surface area (Å²) >= 11 is 3.53. The molecule has 1 aromatic carbocycles. The van der Waals surface area contributed by atoms with Crippen LogP contribution in [0.5, 0.6) is 0 Å². The molecule has 0 saturated heterocycles. The fourth-order valence-corrected chi connectivity index (χ4v) is 2.47. The molecule has 0 aliphatic carbocycles. The predicted octanol–water partition coefficient (Wildman–Crippen LogP) is 1.91. The van der Waals surface area contributed by atoms with Gasteiger partial charge in [-0.3, -0.25) is 0 Å². The third kappa shape index (κ3) is 4.24. The van der Waals surface area contributed by atoms with E-state index in [1.54, 1.807) is 7.11 Å². The van der Waals surface area contributed by atoms with E-state index < -0.39 is 6.10 Å². The summed E-state index contributed by atoms with van der Waals surface area (Å²) in [6, 6.07) is 6.03. The number of aliphatic hydroxyl groups excluding tert-OH is 1. The summed E-state index contributed by atoms with van der Waals surface area (Å²) in [7, 11) is 3.51. The Labute approximate surface area is 117 Å². The van der Waals surface area contributed by atoms with Crippen LogP contribution >= 0.6 is 15.9 Å². The number of hydrogen-bond donors (Lipinski definition) is 2. The predicted molar refractivity (Wildman–Crippen MR) is 77.9 cm³/mol. The first-order valence-electron chi connectivity index (χ1n) is 5.89. The molecule has 18 heavy (non-hydrogen) atoms. The first-order valence-corrected chi connectivity index (χ1v) is 6.68. The molecule has 1 rings (SSSR count). The number of methoxy groups -OCH3 is 1. The Balaban J connectivity index is 2.77. The lowest BCUT2D eigenvalue weighted by molar-refractivity contribution is 0.0695. The maximum Gasteiger partial charge on any atom is 0.0947 e. The normalized spacial score (nSPS) is 14.3. The summed E-state index contributed by atoms with van der Waals surface area (Å²) in [5.41, 5.74) is 7.94. The lowest BCUT2D eigenvalue weighted by atomic mass is 10.1. The molecule has 0 aliphatic rings. The highest BCUT2D eigenvalue weighted by Gasteiger charge is 2.12. The SMILES string of the molecule is COCC(O)CN(C)c1ccc(C(C)N)cc1Br. The third-order valence-electron chi connectivity index (χ3n) is 2.75. The number of aliphatic hydroxyl groups is 1. The van der Waals surface area contributed by atoms with Gasteiger partial charge in [0.05, 0.1) is 18.4 Å². The van der Waals surface area contributed by atoms with E-state index in [1.165, 1.54) is 0 Å². The third-order valence-corrected chi connectivity index (χ3v) is 3.39. The number of ether oxygens (including phenoxy) is 1. The van der Waals surface area contributed by atoms with Gasteiger partial charge in [-0.1, -0.05) is 6.07 Å². The first kappa shape index (κ1) is 15.4. The maximum absolute atomic E-state index is 9.71. The van der Waals surface area contributed by atoms with Gasteiger partial charge in [0, 0.05) is 31.2 Å². The van der Waals surface area contributed by atoms with E-state index in [-0.39, 0.29) is 6.04 Å². The number of likely N-dealkylation sites (N-methyl/N-ethyl adjacent to an activating group) is 1. The lowest BCUT2D eigenvalue weighted by Gasteiger charge is -2.24. The van der Waals surface area contributed by atoms with E-state index in [9.17, 15) is 5.11 Å². The highest BCUT2D eigenvalue weighted by Crippen LogP contribution is 2.28. The van der Waals surface area contributed by atoms with Crippen LogP contribution in [0, 0.1) is 0 Å². The van der Waals surface area contributed by atoms with Crippen LogP contribution in [0.15, 0.2) is 22.7 Å². The largest absolute Gasteiger partial charge is 0.389 e. The van der Waals surface area contributed by atoms with Crippen LogP contribution in [0.25, 0.3) is 0 Å². The summed E-state index contributed by atoms with van der Waals surface area (Å²) in [5, 5.41) is 9.71. The van der Waals surface area contributed by atoms with Gasteiger partial charge in [-0.2, -0.15) is 0 Å². The van der Waals surface area contributed by atoms with Gasteiger partial charge in [0.1, 0.15) is 0 Å². The monoisotopic (exact) mass is 316 g/mol. The average Bonchev–Trinajstić information content (AvgIpc) is 2.28. The van der Waals surface area contributed by atoms with Crippen molar-refractivity contribution in [2.45, 2.75) is 19.1 Å². The van der Waals surface area contributed by atoms with Crippen LogP contribution in [-0.4, -0.2) is 38.5 Å². The van der Waals surface area contributed by atoms with Crippen molar-refractivity contribution in [1.29, 1.82) is 0 Å². The van der Waals surface area contributed by atoms with E-state index in [4.69, 9.17) is 10.5 Å². The standard InChI is InChI=1S/C13H21BrN2O2/c1-9(15)10-4-5-13(12(14)6-10)16(2)7-11(17)8-18-3/h4-6,9,11,17H,7-8,15H2,1-3H3. The Morgan fingerprint density at radius 3 is 2.67 bits per heavy atom. The summed E-state index contributed by atoms with van der Waals surface area (Å²) in [6.45, 7) is 2.80. The van der Waals surface area contributed by atoms with Gasteiger partial charge in [0.2, 0.25) is 0 Å². The van der Waals surface area contributed by atoms with Crippen molar-refractivity contribution < 1.29 is 9.84 Å². The fourth-order valence-electron chi connectivity index (χ4n) is 1.78. The molecule has 0 fully saturated rings. The molecule has 4 nitrogen and oxygen atoms in total. The Hall–Kier alpha value is -0.620. The van der Waals surface area contributed by atoms with Crippen LogP contribution < -0.4 is 10.6 Å². The van der Waals surface area contributed by atoms with Crippen molar-refractivity contribution in [2.24, 2.45) is 5.73 Å². The summed E-state index contributed by atoms with van der Waals surface area (Å²) in [5.74, 6) is 0. The molecule has 0 amide bonds. The van der Waals surface area contributed by atoms with Gasteiger partial charge in [-0.15, -0.1) is 0 Å². The second-order valence-electron chi connectivity index (χ2n) is 4.49. The number of rotatable bonds is 6. The molecule has 2 atom stereocenters. The Morgan fingerprint density at radius 1 is 1.50 bits per heavy atom. The molecule has 0 aliphatic heterocycles. The quantitative estimate of drug-likeness (QED) is 0.841. The number of benzene rings is 1. The molecule has 0 heterocycles. The highest BCUT2D eigenvalue weighted by atomic mass is 79.9. The topological polar surface area (TPSA) is 58.7 Å². The molecule has 0 bridgehead atoms. The first-order chi connectivity index (χ1) is 8.45. The molecule has 0 spiro atoms. The van der Waals surface area contributed by atoms with Gasteiger partial charge >= 0.3 is 0 Å². The van der Waals surface area contributed by atoms with Crippen LogP contribution in [0.1, 0.15) is 18.5 Å². The minimum Gasteiger partial charge on any atom is -0.389 e. The Morgan fingerprint density at radius 2 is 2.17 bits per heavy atom. The van der Waals surface area contributed by atoms with Crippen molar-refractivity contribution in [3.63, 3.8) is 0 Å². The van der Waals surface area contributed by atoms with Gasteiger partial charge in [0.25, 0.3) is 0 Å². The number of halogens is 1. The van der Waals surface area contributed by atoms with Gasteiger partial charge in [-0.25, -0.2) is 0 Å². The fraction of sp³-hybridized carbons (Fsp3) is 0.538. The number of hydrogen-bond acceptors (Lipinski definition) is 4. The second-order valence-corrected chi connectivity index (χ2v) is 5.34. The van der Waals surface area contributed by atoms with E-state index in [0.29, 0.717) is 13.2 Å². The van der Waals surface area contributed by atoms with Crippen LogP contribution in [0.2, 0.25) is 0 Å². The molecule has 2 unspecified atom stereocenters. The van der Waals surface area contributed by atoms with Crippen LogP contribution in [0.3, 0.4) is 0 Å². The average molecular weight is 317 g/mol.